The molecule has 1 heterocycles. The largest absolute Gasteiger partial charge is 0.507 e. The monoisotopic (exact) mass is 429 g/mol. The lowest BCUT2D eigenvalue weighted by atomic mass is 9.98. The molecule has 7 nitrogen and oxygen atoms in total. The van der Waals surface area contributed by atoms with Crippen molar-refractivity contribution in [3.8, 4) is 5.75 Å². The molecule has 1 unspecified atom stereocenters. The first-order valence-corrected chi connectivity index (χ1v) is 8.83. The fourth-order valence-electron chi connectivity index (χ4n) is 2.72. The topological polar surface area (TPSA) is 108 Å². The van der Waals surface area contributed by atoms with Crippen LogP contribution in [0.25, 0.3) is 0 Å². The first kappa shape index (κ1) is 18.7. The van der Waals surface area contributed by atoms with Crippen LogP contribution in [-0.2, 0) is 16.0 Å². The molecule has 138 valence electrons. The highest BCUT2D eigenvalue weighted by molar-refractivity contribution is 9.10. The van der Waals surface area contributed by atoms with E-state index < -0.39 is 17.9 Å². The molecule has 4 N–H and O–H groups in total. The van der Waals surface area contributed by atoms with Gasteiger partial charge in [-0.05, 0) is 42.0 Å². The maximum absolute atomic E-state index is 12.6. The highest BCUT2D eigenvalue weighted by Gasteiger charge is 2.28. The van der Waals surface area contributed by atoms with Gasteiger partial charge in [0, 0.05) is 22.3 Å². The van der Waals surface area contributed by atoms with E-state index in [-0.39, 0.29) is 17.2 Å². The van der Waals surface area contributed by atoms with Crippen LogP contribution in [0, 0.1) is 0 Å². The molecule has 8 heteroatoms. The molecule has 2 aromatic rings. The van der Waals surface area contributed by atoms with Crippen LogP contribution in [0.5, 0.6) is 5.75 Å². The van der Waals surface area contributed by atoms with E-state index in [1.165, 1.54) is 18.2 Å². The van der Waals surface area contributed by atoms with E-state index in [0.717, 1.165) is 16.1 Å². The normalized spacial score (nSPS) is 15.3. The van der Waals surface area contributed by atoms with Crippen molar-refractivity contribution in [1.29, 1.82) is 0 Å². The average Bonchev–Trinajstić information content (AvgIpc) is 2.63. The Balaban J connectivity index is 1.78. The molecule has 0 aromatic heterocycles. The van der Waals surface area contributed by atoms with Crippen LogP contribution >= 0.6 is 15.9 Å². The second-order valence-electron chi connectivity index (χ2n) is 5.95. The molecule has 1 aliphatic rings. The summed E-state index contributed by atoms with van der Waals surface area (Å²) in [6.07, 6.45) is 1.42. The molecule has 0 aliphatic carbocycles. The summed E-state index contributed by atoms with van der Waals surface area (Å²) in [5.41, 5.74) is 1.86. The number of benzene rings is 2. The Hall–Kier alpha value is -3.13. The van der Waals surface area contributed by atoms with Crippen LogP contribution in [0.2, 0.25) is 0 Å². The average molecular weight is 430 g/mol. The minimum absolute atomic E-state index is 0.0498. The molecule has 0 spiro atoms. The van der Waals surface area contributed by atoms with Crippen LogP contribution in [-0.4, -0.2) is 28.9 Å². The highest BCUT2D eigenvalue weighted by atomic mass is 79.9. The van der Waals surface area contributed by atoms with Crippen LogP contribution in [0.1, 0.15) is 15.9 Å². The lowest BCUT2D eigenvalue weighted by molar-refractivity contribution is -0.118. The minimum atomic E-state index is -0.781. The second-order valence-corrected chi connectivity index (χ2v) is 6.86. The second kappa shape index (κ2) is 7.63. The Labute approximate surface area is 163 Å². The van der Waals surface area contributed by atoms with E-state index in [9.17, 15) is 19.5 Å². The molecule has 3 amide bonds. The third-order valence-electron chi connectivity index (χ3n) is 4.07. The van der Waals surface area contributed by atoms with Crippen LogP contribution < -0.4 is 16.0 Å². The molecule has 0 saturated heterocycles. The van der Waals surface area contributed by atoms with E-state index >= 15 is 0 Å². The molecular weight excluding hydrogens is 414 g/mol. The van der Waals surface area contributed by atoms with Gasteiger partial charge in [0.1, 0.15) is 11.8 Å². The zero-order chi connectivity index (χ0) is 19.6. The molecule has 1 aliphatic heterocycles. The van der Waals surface area contributed by atoms with Crippen molar-refractivity contribution >= 4 is 45.0 Å². The molecule has 1 atom stereocenters. The maximum Gasteiger partial charge on any atom is 0.255 e. The number of phenolic OH excluding ortho intramolecular Hbond substituents is 1. The number of anilines is 2. The SMILES string of the molecule is C=CC(=O)Nc1ccc(O)c(C(=O)NC2Cc3ccc(Br)cc3NC2=O)c1. The van der Waals surface area contributed by atoms with E-state index in [1.807, 2.05) is 12.1 Å². The first-order valence-electron chi connectivity index (χ1n) is 8.04. The smallest absolute Gasteiger partial charge is 0.255 e. The predicted molar refractivity (Wildman–Crippen MR) is 105 cm³/mol. The summed E-state index contributed by atoms with van der Waals surface area (Å²) in [5.74, 6) is -1.67. The Kier molecular flexibility index (Phi) is 5.27. The molecule has 0 radical (unpaired) electrons. The van der Waals surface area contributed by atoms with Crippen molar-refractivity contribution in [3.05, 3.63) is 64.7 Å². The Morgan fingerprint density at radius 1 is 1.26 bits per heavy atom. The third-order valence-corrected chi connectivity index (χ3v) is 4.56. The van der Waals surface area contributed by atoms with Gasteiger partial charge >= 0.3 is 0 Å². The summed E-state index contributed by atoms with van der Waals surface area (Å²) < 4.78 is 0.840. The number of hydrogen-bond donors (Lipinski definition) is 4. The minimum Gasteiger partial charge on any atom is -0.507 e. The number of halogens is 1. The molecule has 2 aromatic carbocycles. The number of rotatable bonds is 4. The lowest BCUT2D eigenvalue weighted by Gasteiger charge is -2.25. The van der Waals surface area contributed by atoms with E-state index in [1.54, 1.807) is 6.07 Å². The van der Waals surface area contributed by atoms with E-state index in [4.69, 9.17) is 0 Å². The van der Waals surface area contributed by atoms with E-state index in [0.29, 0.717) is 17.8 Å². The molecule has 3 rings (SSSR count). The highest BCUT2D eigenvalue weighted by Crippen LogP contribution is 2.27. The summed E-state index contributed by atoms with van der Waals surface area (Å²) in [7, 11) is 0. The molecule has 0 saturated carbocycles. The summed E-state index contributed by atoms with van der Waals surface area (Å²) in [6, 6.07) is 8.81. The third kappa shape index (κ3) is 4.17. The predicted octanol–water partition coefficient (Wildman–Crippen LogP) is 2.57. The zero-order valence-electron chi connectivity index (χ0n) is 14.1. The first-order chi connectivity index (χ1) is 12.9. The number of phenols is 1. The number of hydrogen-bond acceptors (Lipinski definition) is 4. The summed E-state index contributed by atoms with van der Waals surface area (Å²) >= 11 is 3.35. The van der Waals surface area contributed by atoms with Gasteiger partial charge in [-0.15, -0.1) is 0 Å². The van der Waals surface area contributed by atoms with Gasteiger partial charge in [-0.2, -0.15) is 0 Å². The van der Waals surface area contributed by atoms with Crippen molar-refractivity contribution < 1.29 is 19.5 Å². The number of amides is 3. The van der Waals surface area contributed by atoms with Crippen molar-refractivity contribution in [3.63, 3.8) is 0 Å². The van der Waals surface area contributed by atoms with Crippen molar-refractivity contribution in [2.45, 2.75) is 12.5 Å². The Morgan fingerprint density at radius 2 is 2.04 bits per heavy atom. The summed E-state index contributed by atoms with van der Waals surface area (Å²) in [4.78, 5) is 36.3. The fraction of sp³-hybridized carbons (Fsp3) is 0.105. The lowest BCUT2D eigenvalue weighted by Crippen LogP contribution is -2.47. The summed E-state index contributed by atoms with van der Waals surface area (Å²) in [6.45, 7) is 3.35. The van der Waals surface area contributed by atoms with Gasteiger partial charge in [-0.3, -0.25) is 14.4 Å². The zero-order valence-corrected chi connectivity index (χ0v) is 15.7. The fourth-order valence-corrected chi connectivity index (χ4v) is 3.08. The number of fused-ring (bicyclic) bond motifs is 1. The number of carbonyl (C=O) groups is 3. The summed E-state index contributed by atoms with van der Waals surface area (Å²) in [5, 5.41) is 17.9. The van der Waals surface area contributed by atoms with Crippen LogP contribution in [0.4, 0.5) is 11.4 Å². The standard InChI is InChI=1S/C19H16BrN3O4/c1-2-17(25)21-12-5-6-16(24)13(9-12)18(26)23-15-7-10-3-4-11(20)8-14(10)22-19(15)27/h2-6,8-9,15,24H,1,7H2,(H,21,25)(H,22,27)(H,23,26). The van der Waals surface area contributed by atoms with Crippen LogP contribution in [0.3, 0.4) is 0 Å². The maximum atomic E-state index is 12.6. The molecule has 0 bridgehead atoms. The Morgan fingerprint density at radius 3 is 2.78 bits per heavy atom. The Bertz CT molecular complexity index is 958. The number of nitrogens with one attached hydrogen (secondary N) is 3. The molecule has 0 fully saturated rings. The van der Waals surface area contributed by atoms with Gasteiger partial charge < -0.3 is 21.1 Å². The van der Waals surface area contributed by atoms with Gasteiger partial charge in [-0.25, -0.2) is 0 Å². The van der Waals surface area contributed by atoms with Crippen molar-refractivity contribution in [1.82, 2.24) is 5.32 Å². The quantitative estimate of drug-likeness (QED) is 0.442. The van der Waals surface area contributed by atoms with Gasteiger partial charge in [0.2, 0.25) is 11.8 Å². The van der Waals surface area contributed by atoms with Gasteiger partial charge in [0.05, 0.1) is 5.56 Å². The van der Waals surface area contributed by atoms with Crippen molar-refractivity contribution in [2.24, 2.45) is 0 Å². The van der Waals surface area contributed by atoms with Gasteiger partial charge in [0.25, 0.3) is 5.91 Å². The number of aromatic hydroxyl groups is 1. The molecular formula is C19H16BrN3O4. The molecule has 27 heavy (non-hydrogen) atoms. The number of carbonyl (C=O) groups excluding carboxylic acids is 3. The van der Waals surface area contributed by atoms with Crippen molar-refractivity contribution in [2.75, 3.05) is 10.6 Å². The van der Waals surface area contributed by atoms with E-state index in [2.05, 4.69) is 38.5 Å². The van der Waals surface area contributed by atoms with Gasteiger partial charge in [0.15, 0.2) is 0 Å². The van der Waals surface area contributed by atoms with Gasteiger partial charge in [-0.1, -0.05) is 28.6 Å². The van der Waals surface area contributed by atoms with Crippen LogP contribution in [0.15, 0.2) is 53.5 Å².